The van der Waals surface area contributed by atoms with E-state index < -0.39 is 0 Å². The number of halogens is 1. The second-order valence-electron chi connectivity index (χ2n) is 4.36. The summed E-state index contributed by atoms with van der Waals surface area (Å²) in [5, 5.41) is 0. The van der Waals surface area contributed by atoms with Crippen LogP contribution in [0.15, 0.2) is 22.7 Å². The van der Waals surface area contributed by atoms with Crippen molar-refractivity contribution in [2.24, 2.45) is 0 Å². The van der Waals surface area contributed by atoms with Crippen LogP contribution in [-0.2, 0) is 14.3 Å². The molecule has 2 rings (SSSR count). The minimum Gasteiger partial charge on any atom is -0.469 e. The van der Waals surface area contributed by atoms with Gasteiger partial charge in [-0.3, -0.25) is 9.59 Å². The van der Waals surface area contributed by atoms with Crippen molar-refractivity contribution < 1.29 is 14.3 Å². The SMILES string of the molecule is COC(=O)CCN1C(=O)CN(C)c2cc(Br)ccc21. The quantitative estimate of drug-likeness (QED) is 0.795. The smallest absolute Gasteiger partial charge is 0.307 e. The number of amides is 1. The molecule has 0 saturated heterocycles. The molecule has 1 aliphatic rings. The normalized spacial score (nSPS) is 14.4. The van der Waals surface area contributed by atoms with Gasteiger partial charge in [-0.15, -0.1) is 0 Å². The van der Waals surface area contributed by atoms with E-state index in [0.29, 0.717) is 13.1 Å². The number of rotatable bonds is 3. The van der Waals surface area contributed by atoms with Crippen molar-refractivity contribution >= 4 is 39.2 Å². The molecule has 1 aromatic rings. The van der Waals surface area contributed by atoms with Crippen molar-refractivity contribution in [3.63, 3.8) is 0 Å². The standard InChI is InChI=1S/C13H15BrN2O3/c1-15-8-12(17)16(6-5-13(18)19-2)10-4-3-9(14)7-11(10)15/h3-4,7H,5-6,8H2,1-2H3. The Labute approximate surface area is 120 Å². The minimum atomic E-state index is -0.314. The fourth-order valence-corrected chi connectivity index (χ4v) is 2.44. The minimum absolute atomic E-state index is 0.0128. The van der Waals surface area contributed by atoms with Gasteiger partial charge in [-0.2, -0.15) is 0 Å². The fraction of sp³-hybridized carbons (Fsp3) is 0.385. The molecular weight excluding hydrogens is 312 g/mol. The number of fused-ring (bicyclic) bond motifs is 1. The van der Waals surface area contributed by atoms with E-state index in [1.807, 2.05) is 30.1 Å². The van der Waals surface area contributed by atoms with Crippen molar-refractivity contribution in [2.75, 3.05) is 37.0 Å². The van der Waals surface area contributed by atoms with E-state index in [2.05, 4.69) is 20.7 Å². The summed E-state index contributed by atoms with van der Waals surface area (Å²) in [5.74, 6) is -0.327. The van der Waals surface area contributed by atoms with E-state index in [0.717, 1.165) is 15.8 Å². The van der Waals surface area contributed by atoms with Gasteiger partial charge in [0.05, 0.1) is 31.5 Å². The molecule has 0 fully saturated rings. The molecule has 0 aliphatic carbocycles. The molecule has 0 spiro atoms. The van der Waals surface area contributed by atoms with Gasteiger partial charge in [-0.25, -0.2) is 0 Å². The highest BCUT2D eigenvalue weighted by Gasteiger charge is 2.27. The van der Waals surface area contributed by atoms with Gasteiger partial charge < -0.3 is 14.5 Å². The Bertz CT molecular complexity index is 519. The number of carbonyl (C=O) groups excluding carboxylic acids is 2. The van der Waals surface area contributed by atoms with E-state index in [1.165, 1.54) is 7.11 Å². The van der Waals surface area contributed by atoms with Gasteiger partial charge in [0.15, 0.2) is 0 Å². The van der Waals surface area contributed by atoms with Crippen LogP contribution in [0.3, 0.4) is 0 Å². The summed E-state index contributed by atoms with van der Waals surface area (Å²) >= 11 is 3.42. The van der Waals surface area contributed by atoms with E-state index >= 15 is 0 Å². The van der Waals surface area contributed by atoms with Crippen LogP contribution in [0.5, 0.6) is 0 Å². The Morgan fingerprint density at radius 1 is 1.42 bits per heavy atom. The number of hydrogen-bond acceptors (Lipinski definition) is 4. The fourth-order valence-electron chi connectivity index (χ4n) is 2.09. The molecule has 19 heavy (non-hydrogen) atoms. The number of hydrogen-bond donors (Lipinski definition) is 0. The molecule has 0 bridgehead atoms. The Balaban J connectivity index is 2.27. The van der Waals surface area contributed by atoms with Gasteiger partial charge in [0.1, 0.15) is 0 Å². The van der Waals surface area contributed by atoms with Crippen LogP contribution in [0, 0.1) is 0 Å². The number of nitrogens with zero attached hydrogens (tertiary/aromatic N) is 2. The van der Waals surface area contributed by atoms with Crippen LogP contribution in [0.25, 0.3) is 0 Å². The van der Waals surface area contributed by atoms with Crippen molar-refractivity contribution in [1.29, 1.82) is 0 Å². The largest absolute Gasteiger partial charge is 0.469 e. The molecular formula is C13H15BrN2O3. The Morgan fingerprint density at radius 3 is 2.84 bits per heavy atom. The maximum Gasteiger partial charge on any atom is 0.307 e. The van der Waals surface area contributed by atoms with Crippen LogP contribution >= 0.6 is 15.9 Å². The van der Waals surface area contributed by atoms with E-state index in [1.54, 1.807) is 4.90 Å². The Kier molecular flexibility index (Phi) is 4.09. The lowest BCUT2D eigenvalue weighted by atomic mass is 10.1. The third kappa shape index (κ3) is 2.89. The number of likely N-dealkylation sites (N-methyl/N-ethyl adjacent to an activating group) is 1. The average Bonchev–Trinajstić information content (AvgIpc) is 2.38. The lowest BCUT2D eigenvalue weighted by Crippen LogP contribution is -2.45. The zero-order valence-corrected chi connectivity index (χ0v) is 12.4. The monoisotopic (exact) mass is 326 g/mol. The van der Waals surface area contributed by atoms with Crippen molar-refractivity contribution in [3.05, 3.63) is 22.7 Å². The maximum absolute atomic E-state index is 12.1. The number of methoxy groups -OCH3 is 1. The molecule has 1 aromatic carbocycles. The third-order valence-electron chi connectivity index (χ3n) is 3.08. The van der Waals surface area contributed by atoms with E-state index in [9.17, 15) is 9.59 Å². The molecule has 1 amide bonds. The molecule has 1 aliphatic heterocycles. The topological polar surface area (TPSA) is 49.9 Å². The van der Waals surface area contributed by atoms with Crippen LogP contribution < -0.4 is 9.80 Å². The first kappa shape index (κ1) is 13.9. The second-order valence-corrected chi connectivity index (χ2v) is 5.28. The first-order chi connectivity index (χ1) is 9.02. The molecule has 1 heterocycles. The second kappa shape index (κ2) is 5.61. The first-order valence-electron chi connectivity index (χ1n) is 5.91. The zero-order chi connectivity index (χ0) is 14.0. The molecule has 0 unspecified atom stereocenters. The highest BCUT2D eigenvalue weighted by atomic mass is 79.9. The van der Waals surface area contributed by atoms with E-state index in [-0.39, 0.29) is 18.3 Å². The van der Waals surface area contributed by atoms with Crippen LogP contribution in [0.2, 0.25) is 0 Å². The summed E-state index contributed by atoms with van der Waals surface area (Å²) in [6, 6.07) is 5.73. The van der Waals surface area contributed by atoms with Crippen LogP contribution in [0.4, 0.5) is 11.4 Å². The van der Waals surface area contributed by atoms with Gasteiger partial charge in [-0.05, 0) is 18.2 Å². The summed E-state index contributed by atoms with van der Waals surface area (Å²) in [4.78, 5) is 26.8. The lowest BCUT2D eigenvalue weighted by Gasteiger charge is -2.35. The van der Waals surface area contributed by atoms with Gasteiger partial charge in [-0.1, -0.05) is 15.9 Å². The Morgan fingerprint density at radius 2 is 2.16 bits per heavy atom. The molecule has 0 aromatic heterocycles. The molecule has 0 radical (unpaired) electrons. The summed E-state index contributed by atoms with van der Waals surface area (Å²) in [6.07, 6.45) is 0.196. The third-order valence-corrected chi connectivity index (χ3v) is 3.57. The molecule has 0 N–H and O–H groups in total. The predicted molar refractivity (Wildman–Crippen MR) is 76.4 cm³/mol. The van der Waals surface area contributed by atoms with E-state index in [4.69, 9.17) is 0 Å². The number of anilines is 2. The number of esters is 1. The van der Waals surface area contributed by atoms with Gasteiger partial charge >= 0.3 is 5.97 Å². The number of carbonyl (C=O) groups is 2. The predicted octanol–water partition coefficient (Wildman–Crippen LogP) is 1.79. The van der Waals surface area contributed by atoms with Gasteiger partial charge in [0.25, 0.3) is 0 Å². The molecule has 5 nitrogen and oxygen atoms in total. The van der Waals surface area contributed by atoms with Gasteiger partial charge in [0.2, 0.25) is 5.91 Å². The molecule has 0 atom stereocenters. The number of benzene rings is 1. The van der Waals surface area contributed by atoms with Crippen molar-refractivity contribution in [3.8, 4) is 0 Å². The molecule has 0 saturated carbocycles. The first-order valence-corrected chi connectivity index (χ1v) is 6.70. The van der Waals surface area contributed by atoms with Crippen molar-refractivity contribution in [1.82, 2.24) is 0 Å². The summed E-state index contributed by atoms with van der Waals surface area (Å²) in [6.45, 7) is 0.651. The zero-order valence-electron chi connectivity index (χ0n) is 10.9. The van der Waals surface area contributed by atoms with Crippen LogP contribution in [-0.4, -0.2) is 39.1 Å². The highest BCUT2D eigenvalue weighted by Crippen LogP contribution is 2.35. The average molecular weight is 327 g/mol. The number of ether oxygens (including phenoxy) is 1. The molecule has 102 valence electrons. The van der Waals surface area contributed by atoms with Crippen molar-refractivity contribution in [2.45, 2.75) is 6.42 Å². The van der Waals surface area contributed by atoms with Crippen LogP contribution in [0.1, 0.15) is 6.42 Å². The summed E-state index contributed by atoms with van der Waals surface area (Å²) < 4.78 is 5.57. The molecule has 6 heteroatoms. The summed E-state index contributed by atoms with van der Waals surface area (Å²) in [7, 11) is 3.22. The van der Waals surface area contributed by atoms with Gasteiger partial charge in [0, 0.05) is 18.1 Å². The lowest BCUT2D eigenvalue weighted by molar-refractivity contribution is -0.140. The maximum atomic E-state index is 12.1. The summed E-state index contributed by atoms with van der Waals surface area (Å²) in [5.41, 5.74) is 1.80. The highest BCUT2D eigenvalue weighted by molar-refractivity contribution is 9.10. The Hall–Kier alpha value is -1.56.